The zero-order valence-electron chi connectivity index (χ0n) is 16.6. The van der Waals surface area contributed by atoms with Crippen molar-refractivity contribution in [1.29, 1.82) is 0 Å². The second kappa shape index (κ2) is 8.15. The predicted molar refractivity (Wildman–Crippen MR) is 112 cm³/mol. The Labute approximate surface area is 179 Å². The van der Waals surface area contributed by atoms with Crippen molar-refractivity contribution < 1.29 is 23.5 Å². The van der Waals surface area contributed by atoms with Crippen LogP contribution >= 0.6 is 11.3 Å². The number of hydrogen-bond donors (Lipinski definition) is 1. The van der Waals surface area contributed by atoms with Crippen molar-refractivity contribution in [1.82, 2.24) is 19.7 Å². The molecular formula is C21H17FN4O4S. The van der Waals surface area contributed by atoms with Crippen molar-refractivity contribution in [3.05, 3.63) is 70.7 Å². The highest BCUT2D eigenvalue weighted by atomic mass is 32.1. The summed E-state index contributed by atoms with van der Waals surface area (Å²) >= 11 is 1.15. The fourth-order valence-electron chi connectivity index (χ4n) is 3.03. The van der Waals surface area contributed by atoms with Gasteiger partial charge in [-0.2, -0.15) is 5.10 Å². The molecule has 2 amide bonds. The number of aromatic nitrogens is 3. The Morgan fingerprint density at radius 1 is 1.19 bits per heavy atom. The second-order valence-electron chi connectivity index (χ2n) is 6.76. The predicted octanol–water partition coefficient (Wildman–Crippen LogP) is 2.99. The van der Waals surface area contributed by atoms with Crippen molar-refractivity contribution in [2.45, 2.75) is 6.92 Å². The lowest BCUT2D eigenvalue weighted by atomic mass is 10.3. The van der Waals surface area contributed by atoms with Crippen molar-refractivity contribution in [2.75, 3.05) is 6.61 Å². The number of nitrogens with zero attached hydrogens (tertiary/aromatic N) is 3. The molecule has 31 heavy (non-hydrogen) atoms. The van der Waals surface area contributed by atoms with E-state index in [9.17, 15) is 18.8 Å². The Hall–Kier alpha value is -3.79. The molecule has 3 aromatic heterocycles. The smallest absolute Gasteiger partial charge is 0.348 e. The molecule has 4 aromatic rings. The molecule has 158 valence electrons. The lowest BCUT2D eigenvalue weighted by Gasteiger charge is -2.06. The summed E-state index contributed by atoms with van der Waals surface area (Å²) in [6, 6.07) is 10.7. The molecular weight excluding hydrogens is 423 g/mol. The summed E-state index contributed by atoms with van der Waals surface area (Å²) in [7, 11) is 1.68. The van der Waals surface area contributed by atoms with Crippen molar-refractivity contribution >= 4 is 39.3 Å². The molecule has 1 N–H and O–H groups in total. The van der Waals surface area contributed by atoms with E-state index in [0.717, 1.165) is 16.7 Å². The van der Waals surface area contributed by atoms with E-state index in [1.54, 1.807) is 59.7 Å². The van der Waals surface area contributed by atoms with E-state index in [2.05, 4.69) is 10.4 Å². The Balaban J connectivity index is 1.45. The zero-order chi connectivity index (χ0) is 22.1. The van der Waals surface area contributed by atoms with Crippen molar-refractivity contribution in [2.24, 2.45) is 7.05 Å². The number of carbonyl (C=O) groups excluding carboxylic acids is 3. The van der Waals surface area contributed by atoms with Gasteiger partial charge in [0.1, 0.15) is 21.2 Å². The second-order valence-corrected chi connectivity index (χ2v) is 7.79. The third-order valence-electron chi connectivity index (χ3n) is 4.58. The maximum atomic E-state index is 13.2. The van der Waals surface area contributed by atoms with E-state index in [-0.39, 0.29) is 10.7 Å². The van der Waals surface area contributed by atoms with Crippen LogP contribution in [0.3, 0.4) is 0 Å². The summed E-state index contributed by atoms with van der Waals surface area (Å²) in [5, 5.41) is 7.37. The summed E-state index contributed by atoms with van der Waals surface area (Å²) in [4.78, 5) is 37.4. The lowest BCUT2D eigenvalue weighted by molar-refractivity contribution is -0.123. The van der Waals surface area contributed by atoms with Gasteiger partial charge in [0.15, 0.2) is 6.61 Å². The van der Waals surface area contributed by atoms with Crippen LogP contribution in [0.5, 0.6) is 0 Å². The van der Waals surface area contributed by atoms with E-state index in [1.165, 1.54) is 12.1 Å². The normalized spacial score (nSPS) is 10.9. The number of carbonyl (C=O) groups is 3. The van der Waals surface area contributed by atoms with Crippen LogP contribution in [0.1, 0.15) is 25.9 Å². The van der Waals surface area contributed by atoms with Gasteiger partial charge in [-0.25, -0.2) is 13.9 Å². The van der Waals surface area contributed by atoms with Gasteiger partial charge in [0.2, 0.25) is 0 Å². The fraction of sp³-hybridized carbons (Fsp3) is 0.143. The van der Waals surface area contributed by atoms with E-state index < -0.39 is 24.4 Å². The van der Waals surface area contributed by atoms with E-state index in [4.69, 9.17) is 4.74 Å². The number of hydrogen-bond acceptors (Lipinski definition) is 6. The van der Waals surface area contributed by atoms with Crippen molar-refractivity contribution in [3.8, 4) is 5.69 Å². The first-order valence-corrected chi connectivity index (χ1v) is 10.0. The number of halogens is 1. The van der Waals surface area contributed by atoms with Crippen LogP contribution in [0.15, 0.2) is 48.7 Å². The summed E-state index contributed by atoms with van der Waals surface area (Å²) in [5.74, 6) is -2.35. The van der Waals surface area contributed by atoms with Crippen molar-refractivity contribution in [3.63, 3.8) is 0 Å². The Morgan fingerprint density at radius 3 is 2.61 bits per heavy atom. The van der Waals surface area contributed by atoms with Gasteiger partial charge in [0, 0.05) is 18.6 Å². The number of esters is 1. The Morgan fingerprint density at radius 2 is 1.94 bits per heavy atom. The lowest BCUT2D eigenvalue weighted by Crippen LogP contribution is -2.35. The van der Waals surface area contributed by atoms with Gasteiger partial charge in [0.25, 0.3) is 11.8 Å². The fourth-order valence-corrected chi connectivity index (χ4v) is 4.11. The molecule has 0 aliphatic heterocycles. The molecule has 0 saturated heterocycles. The molecule has 0 unspecified atom stereocenters. The minimum Gasteiger partial charge on any atom is -0.451 e. The molecule has 8 nitrogen and oxygen atoms in total. The molecule has 0 saturated carbocycles. The molecule has 0 aliphatic rings. The van der Waals surface area contributed by atoms with Gasteiger partial charge in [-0.1, -0.05) is 0 Å². The topological polar surface area (TPSA) is 95.2 Å². The maximum Gasteiger partial charge on any atom is 0.348 e. The molecule has 1 aromatic carbocycles. The number of imide groups is 1. The average molecular weight is 440 g/mol. The van der Waals surface area contributed by atoms with Gasteiger partial charge in [-0.05, 0) is 49.4 Å². The van der Waals surface area contributed by atoms with E-state index >= 15 is 0 Å². The van der Waals surface area contributed by atoms with Crippen LogP contribution in [0.2, 0.25) is 0 Å². The number of ether oxygens (including phenoxy) is 1. The number of aryl methyl sites for hydroxylation is 2. The SMILES string of the molecule is Cc1nn(-c2ccc(F)cc2)c2sc(C(=O)OCC(=O)NC(=O)c3cccn3C)cc12. The first-order chi connectivity index (χ1) is 14.8. The largest absolute Gasteiger partial charge is 0.451 e. The number of nitrogens with one attached hydrogen (secondary N) is 1. The first kappa shape index (κ1) is 20.5. The third-order valence-corrected chi connectivity index (χ3v) is 5.67. The highest BCUT2D eigenvalue weighted by molar-refractivity contribution is 7.20. The van der Waals surface area contributed by atoms with Crippen LogP contribution in [0.4, 0.5) is 4.39 Å². The zero-order valence-corrected chi connectivity index (χ0v) is 17.4. The third kappa shape index (κ3) is 4.10. The summed E-state index contributed by atoms with van der Waals surface area (Å²) < 4.78 is 21.5. The van der Waals surface area contributed by atoms with Crippen LogP contribution < -0.4 is 5.32 Å². The average Bonchev–Trinajstić information content (AvgIpc) is 3.43. The minimum atomic E-state index is -0.727. The molecule has 0 radical (unpaired) electrons. The van der Waals surface area contributed by atoms with E-state index in [0.29, 0.717) is 21.9 Å². The summed E-state index contributed by atoms with van der Waals surface area (Å²) in [6.45, 7) is 1.21. The quantitative estimate of drug-likeness (QED) is 0.482. The van der Waals surface area contributed by atoms with Crippen LogP contribution in [-0.2, 0) is 16.6 Å². The highest BCUT2D eigenvalue weighted by Gasteiger charge is 2.20. The molecule has 0 fully saturated rings. The molecule has 0 bridgehead atoms. The number of benzene rings is 1. The van der Waals surface area contributed by atoms with Gasteiger partial charge < -0.3 is 9.30 Å². The molecule has 3 heterocycles. The number of thiophene rings is 1. The van der Waals surface area contributed by atoms with Gasteiger partial charge >= 0.3 is 5.97 Å². The van der Waals surface area contributed by atoms with Gasteiger partial charge in [0.05, 0.1) is 11.4 Å². The molecule has 0 spiro atoms. The molecule has 0 atom stereocenters. The number of rotatable bonds is 5. The summed E-state index contributed by atoms with van der Waals surface area (Å²) in [6.07, 6.45) is 1.68. The molecule has 10 heteroatoms. The number of fused-ring (bicyclic) bond motifs is 1. The van der Waals surface area contributed by atoms with E-state index in [1.807, 2.05) is 0 Å². The van der Waals surface area contributed by atoms with Gasteiger partial charge in [-0.3, -0.25) is 14.9 Å². The number of amides is 2. The Bertz CT molecular complexity index is 1300. The standard InChI is InChI=1S/C21H17FN4O4S/c1-12-15-10-17(31-20(15)26(24-12)14-7-5-13(22)6-8-14)21(29)30-11-18(27)23-19(28)16-4-3-9-25(16)2/h3-10H,11H2,1-2H3,(H,23,27,28). The minimum absolute atomic E-state index is 0.285. The van der Waals surface area contributed by atoms with Crippen LogP contribution in [0, 0.1) is 12.7 Å². The molecule has 4 rings (SSSR count). The summed E-state index contributed by atoms with van der Waals surface area (Å²) in [5.41, 5.74) is 1.66. The maximum absolute atomic E-state index is 13.2. The van der Waals surface area contributed by atoms with Gasteiger partial charge in [-0.15, -0.1) is 11.3 Å². The van der Waals surface area contributed by atoms with Crippen LogP contribution in [-0.4, -0.2) is 38.7 Å². The first-order valence-electron chi connectivity index (χ1n) is 9.21. The highest BCUT2D eigenvalue weighted by Crippen LogP contribution is 2.30. The molecule has 0 aliphatic carbocycles. The van der Waals surface area contributed by atoms with Crippen LogP contribution in [0.25, 0.3) is 15.9 Å². The Kier molecular flexibility index (Phi) is 5.38. The monoisotopic (exact) mass is 440 g/mol.